The van der Waals surface area contributed by atoms with Crippen LogP contribution in [0.5, 0.6) is 0 Å². The van der Waals surface area contributed by atoms with E-state index in [1.165, 1.54) is 13.3 Å². The Kier molecular flexibility index (Phi) is 3.17. The zero-order valence-corrected chi connectivity index (χ0v) is 9.72. The number of carboxylic acids is 1. The second-order valence-electron chi connectivity index (χ2n) is 4.42. The van der Waals surface area contributed by atoms with Gasteiger partial charge in [-0.1, -0.05) is 0 Å². The summed E-state index contributed by atoms with van der Waals surface area (Å²) in [4.78, 5) is 22.6. The molecule has 5 heteroatoms. The number of rotatable bonds is 4. The molecule has 1 saturated carbocycles. The predicted octanol–water partition coefficient (Wildman–Crippen LogP) is 1.42. The number of carboxylic acid groups (broad SMARTS) is 1. The molecule has 0 aromatic carbocycles. The molecule has 2 rings (SSSR count). The molecule has 1 heterocycles. The van der Waals surface area contributed by atoms with E-state index in [9.17, 15) is 9.59 Å². The normalized spacial score (nSPS) is 17.2. The number of nitrogens with zero attached hydrogens (tertiary/aromatic N) is 1. The Morgan fingerprint density at radius 3 is 2.76 bits per heavy atom. The smallest absolute Gasteiger partial charge is 0.325 e. The Balaban J connectivity index is 2.08. The lowest BCUT2D eigenvalue weighted by Gasteiger charge is -2.28. The van der Waals surface area contributed by atoms with E-state index in [-0.39, 0.29) is 5.91 Å². The third-order valence-electron chi connectivity index (χ3n) is 3.20. The van der Waals surface area contributed by atoms with Crippen molar-refractivity contribution in [2.24, 2.45) is 0 Å². The van der Waals surface area contributed by atoms with Gasteiger partial charge in [-0.3, -0.25) is 9.59 Å². The fraction of sp³-hybridized carbons (Fsp3) is 0.500. The van der Waals surface area contributed by atoms with Crippen LogP contribution in [0.25, 0.3) is 0 Å². The molecule has 0 aliphatic heterocycles. The molecule has 92 valence electrons. The number of hydrogen-bond acceptors (Lipinski definition) is 2. The van der Waals surface area contributed by atoms with Crippen LogP contribution < -0.4 is 5.32 Å². The van der Waals surface area contributed by atoms with Crippen molar-refractivity contribution in [2.75, 3.05) is 0 Å². The van der Waals surface area contributed by atoms with Crippen molar-refractivity contribution in [3.63, 3.8) is 0 Å². The van der Waals surface area contributed by atoms with Crippen LogP contribution in [-0.2, 0) is 4.79 Å². The molecule has 0 saturated heterocycles. The molecule has 2 N–H and O–H groups in total. The second-order valence-corrected chi connectivity index (χ2v) is 4.42. The van der Waals surface area contributed by atoms with Gasteiger partial charge in [0.15, 0.2) is 0 Å². The third kappa shape index (κ3) is 2.33. The van der Waals surface area contributed by atoms with Gasteiger partial charge in [0.05, 0.1) is 0 Å². The monoisotopic (exact) mass is 236 g/mol. The molecule has 0 spiro atoms. The fourth-order valence-corrected chi connectivity index (χ4v) is 1.90. The Morgan fingerprint density at radius 2 is 2.24 bits per heavy atom. The molecular formula is C12H16N2O3. The van der Waals surface area contributed by atoms with Gasteiger partial charge in [-0.05, 0) is 38.3 Å². The number of aromatic nitrogens is 1. The van der Waals surface area contributed by atoms with Crippen LogP contribution in [0.15, 0.2) is 18.3 Å². The average Bonchev–Trinajstić information content (AvgIpc) is 2.63. The molecule has 17 heavy (non-hydrogen) atoms. The van der Waals surface area contributed by atoms with Gasteiger partial charge in [0.1, 0.15) is 11.7 Å². The molecule has 1 amide bonds. The summed E-state index contributed by atoms with van der Waals surface area (Å²) in [5.41, 5.74) is 0.544. The maximum Gasteiger partial charge on any atom is 0.325 e. The lowest BCUT2D eigenvalue weighted by atomic mass is 9.93. The second kappa shape index (κ2) is 4.61. The Morgan fingerprint density at radius 1 is 1.53 bits per heavy atom. The first kappa shape index (κ1) is 11.7. The van der Waals surface area contributed by atoms with E-state index in [1.807, 2.05) is 16.8 Å². The molecule has 1 aliphatic rings. The topological polar surface area (TPSA) is 71.3 Å². The van der Waals surface area contributed by atoms with Gasteiger partial charge in [0.25, 0.3) is 5.91 Å². The summed E-state index contributed by atoms with van der Waals surface area (Å²) in [5.74, 6) is -1.35. The van der Waals surface area contributed by atoms with E-state index in [4.69, 9.17) is 5.11 Å². The first-order valence-corrected chi connectivity index (χ1v) is 5.80. The molecule has 5 nitrogen and oxygen atoms in total. The molecule has 1 aromatic heterocycles. The van der Waals surface area contributed by atoms with Gasteiger partial charge < -0.3 is 15.0 Å². The van der Waals surface area contributed by atoms with Gasteiger partial charge in [-0.25, -0.2) is 0 Å². The standard InChI is InChI=1S/C12H16N2O3/c1-8(12(16)17)13-11(15)10-6-3-7-14(10)9-4-2-5-9/h3,6-9H,2,4-5H2,1H3,(H,13,15)(H,16,17)/t8-/m0/s1. The van der Waals surface area contributed by atoms with E-state index in [0.29, 0.717) is 11.7 Å². The summed E-state index contributed by atoms with van der Waals surface area (Å²) >= 11 is 0. The third-order valence-corrected chi connectivity index (χ3v) is 3.20. The lowest BCUT2D eigenvalue weighted by Crippen LogP contribution is -2.39. The Hall–Kier alpha value is -1.78. The highest BCUT2D eigenvalue weighted by atomic mass is 16.4. The molecular weight excluding hydrogens is 220 g/mol. The zero-order chi connectivity index (χ0) is 12.4. The highest BCUT2D eigenvalue weighted by Crippen LogP contribution is 2.32. The summed E-state index contributed by atoms with van der Waals surface area (Å²) in [7, 11) is 0. The fourth-order valence-electron chi connectivity index (χ4n) is 1.90. The van der Waals surface area contributed by atoms with Crippen molar-refractivity contribution in [1.82, 2.24) is 9.88 Å². The molecule has 0 radical (unpaired) electrons. The van der Waals surface area contributed by atoms with Crippen LogP contribution in [-0.4, -0.2) is 27.6 Å². The van der Waals surface area contributed by atoms with Crippen molar-refractivity contribution >= 4 is 11.9 Å². The minimum Gasteiger partial charge on any atom is -0.480 e. The number of nitrogens with one attached hydrogen (secondary N) is 1. The molecule has 0 bridgehead atoms. The maximum atomic E-state index is 11.9. The molecule has 1 aliphatic carbocycles. The van der Waals surface area contributed by atoms with E-state index in [2.05, 4.69) is 5.32 Å². The minimum absolute atomic E-state index is 0.322. The Bertz CT molecular complexity index is 435. The summed E-state index contributed by atoms with van der Waals surface area (Å²) in [6, 6.07) is 3.07. The van der Waals surface area contributed by atoms with Crippen LogP contribution >= 0.6 is 0 Å². The highest BCUT2D eigenvalue weighted by molar-refractivity contribution is 5.95. The van der Waals surface area contributed by atoms with Crippen LogP contribution in [0.4, 0.5) is 0 Å². The summed E-state index contributed by atoms with van der Waals surface area (Å²) in [6.45, 7) is 1.46. The number of amides is 1. The Labute approximate surface area is 99.4 Å². The van der Waals surface area contributed by atoms with E-state index < -0.39 is 12.0 Å². The highest BCUT2D eigenvalue weighted by Gasteiger charge is 2.24. The predicted molar refractivity (Wildman–Crippen MR) is 61.9 cm³/mol. The van der Waals surface area contributed by atoms with Crippen LogP contribution in [0.1, 0.15) is 42.7 Å². The lowest BCUT2D eigenvalue weighted by molar-refractivity contribution is -0.138. The van der Waals surface area contributed by atoms with E-state index in [1.54, 1.807) is 6.07 Å². The van der Waals surface area contributed by atoms with Crippen LogP contribution in [0.3, 0.4) is 0 Å². The molecule has 1 aromatic rings. The summed E-state index contributed by atoms with van der Waals surface area (Å²) < 4.78 is 1.94. The summed E-state index contributed by atoms with van der Waals surface area (Å²) in [5, 5.41) is 11.2. The first-order valence-electron chi connectivity index (χ1n) is 5.80. The van der Waals surface area contributed by atoms with Gasteiger partial charge >= 0.3 is 5.97 Å². The SMILES string of the molecule is C[C@H](NC(=O)c1cccn1C1CCC1)C(=O)O. The summed E-state index contributed by atoms with van der Waals surface area (Å²) in [6.07, 6.45) is 5.24. The van der Waals surface area contributed by atoms with Gasteiger partial charge in [0.2, 0.25) is 0 Å². The number of carbonyl (C=O) groups excluding carboxylic acids is 1. The largest absolute Gasteiger partial charge is 0.480 e. The molecule has 0 unspecified atom stereocenters. The average molecular weight is 236 g/mol. The van der Waals surface area contributed by atoms with Crippen molar-refractivity contribution < 1.29 is 14.7 Å². The molecule has 1 atom stereocenters. The van der Waals surface area contributed by atoms with Gasteiger partial charge in [-0.15, -0.1) is 0 Å². The van der Waals surface area contributed by atoms with Crippen LogP contribution in [0.2, 0.25) is 0 Å². The van der Waals surface area contributed by atoms with Crippen molar-refractivity contribution in [1.29, 1.82) is 0 Å². The van der Waals surface area contributed by atoms with Gasteiger partial charge in [-0.2, -0.15) is 0 Å². The van der Waals surface area contributed by atoms with Gasteiger partial charge in [0, 0.05) is 12.2 Å². The van der Waals surface area contributed by atoms with E-state index in [0.717, 1.165) is 12.8 Å². The van der Waals surface area contributed by atoms with Crippen LogP contribution in [0, 0.1) is 0 Å². The van der Waals surface area contributed by atoms with Crippen molar-refractivity contribution in [3.05, 3.63) is 24.0 Å². The molecule has 1 fully saturated rings. The maximum absolute atomic E-state index is 11.9. The zero-order valence-electron chi connectivity index (χ0n) is 9.72. The minimum atomic E-state index is -1.03. The number of carbonyl (C=O) groups is 2. The van der Waals surface area contributed by atoms with E-state index >= 15 is 0 Å². The number of aliphatic carboxylic acids is 1. The number of hydrogen-bond donors (Lipinski definition) is 2. The van der Waals surface area contributed by atoms with Crippen molar-refractivity contribution in [2.45, 2.75) is 38.3 Å². The quantitative estimate of drug-likeness (QED) is 0.830. The van der Waals surface area contributed by atoms with Crippen molar-refractivity contribution in [3.8, 4) is 0 Å². The first-order chi connectivity index (χ1) is 8.09.